The molecule has 0 radical (unpaired) electrons. The number of nitrogens with zero attached hydrogens (tertiary/aromatic N) is 2. The van der Waals surface area contributed by atoms with Crippen molar-refractivity contribution in [1.29, 1.82) is 0 Å². The molecule has 0 spiro atoms. The van der Waals surface area contributed by atoms with E-state index >= 15 is 0 Å². The molecule has 104 valence electrons. The van der Waals surface area contributed by atoms with Crippen LogP contribution in [-0.4, -0.2) is 30.6 Å². The summed E-state index contributed by atoms with van der Waals surface area (Å²) in [5.41, 5.74) is 1.16. The van der Waals surface area contributed by atoms with Gasteiger partial charge in [-0.05, 0) is 13.8 Å². The van der Waals surface area contributed by atoms with E-state index in [2.05, 4.69) is 5.10 Å². The minimum absolute atomic E-state index is 0.125. The fourth-order valence-electron chi connectivity index (χ4n) is 1.74. The van der Waals surface area contributed by atoms with Crippen LogP contribution in [0.2, 0.25) is 0 Å². The Morgan fingerprint density at radius 3 is 2.33 bits per heavy atom. The van der Waals surface area contributed by atoms with Gasteiger partial charge in [0.2, 0.25) is 9.05 Å². The highest BCUT2D eigenvalue weighted by Crippen LogP contribution is 2.26. The average molecular weight is 295 g/mol. The standard InChI is InChI=1S/C11H19ClN2O3S/c1-8-10(9(2)14(5)13-8)17-6-11(3,4)7-18(12,15)16/h6-7H2,1-5H3. The number of hydrogen-bond acceptors (Lipinski definition) is 4. The Morgan fingerprint density at radius 1 is 1.39 bits per heavy atom. The van der Waals surface area contributed by atoms with Crippen LogP contribution in [0.5, 0.6) is 5.75 Å². The molecule has 0 atom stereocenters. The van der Waals surface area contributed by atoms with E-state index in [1.807, 2.05) is 20.9 Å². The highest BCUT2D eigenvalue weighted by atomic mass is 35.7. The molecule has 7 heteroatoms. The summed E-state index contributed by atoms with van der Waals surface area (Å²) in [4.78, 5) is 0. The minimum atomic E-state index is -3.53. The van der Waals surface area contributed by atoms with Crippen molar-refractivity contribution in [1.82, 2.24) is 9.78 Å². The van der Waals surface area contributed by atoms with Crippen LogP contribution in [0.1, 0.15) is 25.2 Å². The highest BCUT2D eigenvalue weighted by Gasteiger charge is 2.26. The summed E-state index contributed by atoms with van der Waals surface area (Å²) in [7, 11) is 3.57. The molecule has 0 aliphatic heterocycles. The molecule has 0 aliphatic carbocycles. The average Bonchev–Trinajstić information content (AvgIpc) is 2.35. The third kappa shape index (κ3) is 4.17. The molecule has 0 aliphatic rings. The van der Waals surface area contributed by atoms with Gasteiger partial charge >= 0.3 is 0 Å². The van der Waals surface area contributed by atoms with Crippen LogP contribution in [-0.2, 0) is 16.1 Å². The largest absolute Gasteiger partial charge is 0.489 e. The van der Waals surface area contributed by atoms with Gasteiger partial charge in [0.15, 0.2) is 5.75 Å². The molecule has 1 aromatic rings. The van der Waals surface area contributed by atoms with Crippen LogP contribution >= 0.6 is 10.7 Å². The van der Waals surface area contributed by atoms with Gasteiger partial charge in [-0.3, -0.25) is 4.68 Å². The van der Waals surface area contributed by atoms with Crippen LogP contribution in [0, 0.1) is 19.3 Å². The first-order valence-electron chi connectivity index (χ1n) is 5.57. The second-order valence-corrected chi connectivity index (χ2v) is 8.04. The summed E-state index contributed by atoms with van der Waals surface area (Å²) < 4.78 is 29.6. The predicted octanol–water partition coefficient (Wildman–Crippen LogP) is 2.01. The van der Waals surface area contributed by atoms with E-state index in [1.165, 1.54) is 0 Å². The molecular weight excluding hydrogens is 276 g/mol. The van der Waals surface area contributed by atoms with E-state index in [0.29, 0.717) is 5.75 Å². The lowest BCUT2D eigenvalue weighted by Crippen LogP contribution is -2.28. The Balaban J connectivity index is 2.76. The highest BCUT2D eigenvalue weighted by molar-refractivity contribution is 8.13. The van der Waals surface area contributed by atoms with Gasteiger partial charge in [0.1, 0.15) is 5.69 Å². The third-order valence-corrected chi connectivity index (χ3v) is 4.07. The molecule has 0 fully saturated rings. The smallest absolute Gasteiger partial charge is 0.233 e. The van der Waals surface area contributed by atoms with Crippen LogP contribution in [0.3, 0.4) is 0 Å². The fraction of sp³-hybridized carbons (Fsp3) is 0.727. The maximum absolute atomic E-state index is 11.1. The minimum Gasteiger partial charge on any atom is -0.489 e. The summed E-state index contributed by atoms with van der Waals surface area (Å²) in [6, 6.07) is 0. The van der Waals surface area contributed by atoms with E-state index in [-0.39, 0.29) is 12.4 Å². The van der Waals surface area contributed by atoms with E-state index in [0.717, 1.165) is 11.4 Å². The van der Waals surface area contributed by atoms with Gasteiger partial charge in [-0.25, -0.2) is 8.42 Å². The fourth-order valence-corrected chi connectivity index (χ4v) is 3.64. The molecule has 1 aromatic heterocycles. The van der Waals surface area contributed by atoms with Crippen molar-refractivity contribution < 1.29 is 13.2 Å². The predicted molar refractivity (Wildman–Crippen MR) is 71.6 cm³/mol. The second-order valence-electron chi connectivity index (χ2n) is 5.26. The number of aryl methyl sites for hydroxylation is 2. The first-order valence-corrected chi connectivity index (χ1v) is 8.05. The van der Waals surface area contributed by atoms with Crippen LogP contribution in [0.25, 0.3) is 0 Å². The van der Waals surface area contributed by atoms with E-state index in [9.17, 15) is 8.42 Å². The van der Waals surface area contributed by atoms with Gasteiger partial charge in [-0.15, -0.1) is 0 Å². The summed E-state index contributed by atoms with van der Waals surface area (Å²) in [5, 5.41) is 4.23. The Morgan fingerprint density at radius 2 is 1.94 bits per heavy atom. The molecule has 0 bridgehead atoms. The van der Waals surface area contributed by atoms with Crippen molar-refractivity contribution in [3.8, 4) is 5.75 Å². The number of rotatable bonds is 5. The zero-order valence-electron chi connectivity index (χ0n) is 11.3. The molecule has 0 saturated heterocycles. The quantitative estimate of drug-likeness (QED) is 0.780. The number of hydrogen-bond donors (Lipinski definition) is 0. The van der Waals surface area contributed by atoms with Crippen molar-refractivity contribution in [2.45, 2.75) is 27.7 Å². The van der Waals surface area contributed by atoms with E-state index in [1.54, 1.807) is 18.5 Å². The lowest BCUT2D eigenvalue weighted by molar-refractivity contribution is 0.198. The Hall–Kier alpha value is -0.750. The second kappa shape index (κ2) is 5.09. The zero-order valence-corrected chi connectivity index (χ0v) is 12.9. The molecular formula is C11H19ClN2O3S. The van der Waals surface area contributed by atoms with Crippen molar-refractivity contribution in [2.75, 3.05) is 12.4 Å². The van der Waals surface area contributed by atoms with Crippen molar-refractivity contribution in [2.24, 2.45) is 12.5 Å². The third-order valence-electron chi connectivity index (χ3n) is 2.61. The molecule has 0 amide bonds. The normalized spacial score (nSPS) is 12.8. The van der Waals surface area contributed by atoms with Gasteiger partial charge in [0.25, 0.3) is 0 Å². The SMILES string of the molecule is Cc1nn(C)c(C)c1OCC(C)(C)CS(=O)(=O)Cl. The van der Waals surface area contributed by atoms with Gasteiger partial charge in [0.05, 0.1) is 18.1 Å². The van der Waals surface area contributed by atoms with Gasteiger partial charge in [-0.2, -0.15) is 5.10 Å². The first-order chi connectivity index (χ1) is 8.02. The van der Waals surface area contributed by atoms with Crippen molar-refractivity contribution in [3.63, 3.8) is 0 Å². The van der Waals surface area contributed by atoms with E-state index in [4.69, 9.17) is 15.4 Å². The van der Waals surface area contributed by atoms with Crippen molar-refractivity contribution in [3.05, 3.63) is 11.4 Å². The molecule has 0 aromatic carbocycles. The lowest BCUT2D eigenvalue weighted by Gasteiger charge is -2.23. The van der Waals surface area contributed by atoms with Crippen LogP contribution in [0.4, 0.5) is 0 Å². The molecule has 0 unspecified atom stereocenters. The maximum atomic E-state index is 11.1. The summed E-state index contributed by atoms with van der Waals surface area (Å²) in [5.74, 6) is 0.581. The molecule has 1 rings (SSSR count). The molecule has 1 heterocycles. The molecule has 5 nitrogen and oxygen atoms in total. The van der Waals surface area contributed by atoms with Crippen LogP contribution < -0.4 is 4.74 Å². The molecule has 0 N–H and O–H groups in total. The Kier molecular flexibility index (Phi) is 4.33. The Bertz CT molecular complexity index is 535. The Labute approximate surface area is 113 Å². The first kappa shape index (κ1) is 15.3. The number of ether oxygens (including phenoxy) is 1. The van der Waals surface area contributed by atoms with Gasteiger partial charge in [-0.1, -0.05) is 13.8 Å². The maximum Gasteiger partial charge on any atom is 0.233 e. The summed E-state index contributed by atoms with van der Waals surface area (Å²) >= 11 is 0. The molecule has 18 heavy (non-hydrogen) atoms. The number of halogens is 1. The number of aromatic nitrogens is 2. The zero-order chi connectivity index (χ0) is 14.1. The van der Waals surface area contributed by atoms with Crippen LogP contribution in [0.15, 0.2) is 0 Å². The van der Waals surface area contributed by atoms with Crippen molar-refractivity contribution >= 4 is 19.7 Å². The monoisotopic (exact) mass is 294 g/mol. The topological polar surface area (TPSA) is 61.2 Å². The van der Waals surface area contributed by atoms with Gasteiger partial charge in [0, 0.05) is 23.1 Å². The summed E-state index contributed by atoms with van der Waals surface area (Å²) in [6.45, 7) is 7.63. The lowest BCUT2D eigenvalue weighted by atomic mass is 9.98. The van der Waals surface area contributed by atoms with Gasteiger partial charge < -0.3 is 4.74 Å². The van der Waals surface area contributed by atoms with E-state index < -0.39 is 14.5 Å². The molecule has 0 saturated carbocycles. The summed E-state index contributed by atoms with van der Waals surface area (Å²) in [6.07, 6.45) is 0.